The first-order valence-electron chi connectivity index (χ1n) is 10.7. The summed E-state index contributed by atoms with van der Waals surface area (Å²) in [4.78, 5) is 24.6. The van der Waals surface area contributed by atoms with Crippen LogP contribution in [0.1, 0.15) is 35.8 Å². The van der Waals surface area contributed by atoms with E-state index in [1.165, 1.54) is 22.7 Å². The quantitative estimate of drug-likeness (QED) is 0.387. The van der Waals surface area contributed by atoms with Crippen LogP contribution in [0.25, 0.3) is 22.9 Å². The molecule has 4 unspecified atom stereocenters. The number of nitrogens with two attached hydrogens (primary N) is 2. The van der Waals surface area contributed by atoms with Crippen LogP contribution in [0.5, 0.6) is 0 Å². The van der Waals surface area contributed by atoms with E-state index in [1.807, 2.05) is 26.0 Å². The van der Waals surface area contributed by atoms with E-state index in [1.54, 1.807) is 24.7 Å². The Morgan fingerprint density at radius 3 is 1.65 bits per heavy atom. The van der Waals surface area contributed by atoms with Crippen LogP contribution in [-0.2, 0) is 14.3 Å². The number of Topliss-reactive ketones (excluding diaryl/α,β-unsaturated/α-hetero) is 1. The van der Waals surface area contributed by atoms with Crippen molar-refractivity contribution in [3.63, 3.8) is 0 Å². The van der Waals surface area contributed by atoms with Gasteiger partial charge < -0.3 is 29.8 Å². The van der Waals surface area contributed by atoms with Crippen LogP contribution >= 0.6 is 22.7 Å². The Bertz CT molecular complexity index is 1260. The maximum atomic E-state index is 14.1. The van der Waals surface area contributed by atoms with Gasteiger partial charge in [0.15, 0.2) is 27.6 Å². The van der Waals surface area contributed by atoms with Gasteiger partial charge in [0, 0.05) is 0 Å². The molecule has 0 saturated carbocycles. The van der Waals surface area contributed by atoms with E-state index >= 15 is 0 Å². The molecule has 6 rings (SSSR count). The van der Waals surface area contributed by atoms with E-state index in [2.05, 4.69) is 9.97 Å². The van der Waals surface area contributed by atoms with Gasteiger partial charge in [0.1, 0.15) is 23.6 Å². The molecule has 0 radical (unpaired) electrons. The summed E-state index contributed by atoms with van der Waals surface area (Å²) in [5.41, 5.74) is 11.7. The lowest BCUT2D eigenvalue weighted by Gasteiger charge is -2.54. The van der Waals surface area contributed by atoms with Crippen LogP contribution in [0.3, 0.4) is 0 Å². The molecule has 4 aromatic heterocycles. The SMILES string of the molecule is CC1(C(=O)C2(C)COC2c2sc(N)nc2-c2ccco2)COC1c1sc(N)nc1-c1ccco1. The van der Waals surface area contributed by atoms with Gasteiger partial charge in [-0.15, -0.1) is 0 Å². The largest absolute Gasteiger partial charge is 0.463 e. The first-order valence-corrected chi connectivity index (χ1v) is 12.3. The Morgan fingerprint density at radius 1 is 0.882 bits per heavy atom. The van der Waals surface area contributed by atoms with Crippen LogP contribution in [0.15, 0.2) is 45.6 Å². The number of aromatic nitrogens is 2. The van der Waals surface area contributed by atoms with Crippen molar-refractivity contribution in [2.24, 2.45) is 10.8 Å². The number of hydrogen-bond acceptors (Lipinski definition) is 11. The number of nitrogen functional groups attached to an aromatic ring is 2. The molecule has 0 aromatic carbocycles. The predicted octanol–water partition coefficient (Wildman–Crippen LogP) is 4.71. The van der Waals surface area contributed by atoms with Gasteiger partial charge >= 0.3 is 0 Å². The molecule has 4 atom stereocenters. The Kier molecular flexibility index (Phi) is 4.75. The highest BCUT2D eigenvalue weighted by atomic mass is 32.1. The molecule has 0 aliphatic carbocycles. The van der Waals surface area contributed by atoms with Crippen molar-refractivity contribution in [2.45, 2.75) is 26.1 Å². The third-order valence-electron chi connectivity index (χ3n) is 6.62. The van der Waals surface area contributed by atoms with E-state index in [-0.39, 0.29) is 5.78 Å². The Balaban J connectivity index is 1.34. The van der Waals surface area contributed by atoms with Crippen molar-refractivity contribution in [3.8, 4) is 22.9 Å². The standard InChI is InChI=1S/C23H22N4O5S2/c1-22(9-31-17(22)15-13(26-20(24)33-15)11-5-3-7-29-11)19(28)23(2)10-32-18(23)16-14(27-21(25)34-16)12-6-4-8-30-12/h3-8,17-18H,9-10H2,1-2H3,(H2,24,26)(H2,25,27). The summed E-state index contributed by atoms with van der Waals surface area (Å²) in [6.45, 7) is 4.45. The fraction of sp³-hybridized carbons (Fsp3) is 0.348. The summed E-state index contributed by atoms with van der Waals surface area (Å²) in [6.07, 6.45) is 2.19. The first kappa shape index (κ1) is 21.5. The lowest BCUT2D eigenvalue weighted by Crippen LogP contribution is -2.60. The Hall–Kier alpha value is -2.99. The number of nitrogens with zero attached hydrogens (tertiary/aromatic N) is 2. The zero-order valence-electron chi connectivity index (χ0n) is 18.4. The van der Waals surface area contributed by atoms with Crippen molar-refractivity contribution in [1.82, 2.24) is 9.97 Å². The van der Waals surface area contributed by atoms with E-state index in [0.29, 0.717) is 46.4 Å². The van der Waals surface area contributed by atoms with Crippen LogP contribution in [-0.4, -0.2) is 29.0 Å². The summed E-state index contributed by atoms with van der Waals surface area (Å²) in [7, 11) is 0. The third-order valence-corrected chi connectivity index (χ3v) is 8.48. The number of carbonyl (C=O) groups excluding carboxylic acids is 1. The number of ketones is 1. The number of furan rings is 2. The predicted molar refractivity (Wildman–Crippen MR) is 127 cm³/mol. The van der Waals surface area contributed by atoms with Gasteiger partial charge in [-0.2, -0.15) is 0 Å². The highest BCUT2D eigenvalue weighted by Gasteiger charge is 2.63. The second-order valence-corrected chi connectivity index (χ2v) is 11.2. The number of hydrogen-bond donors (Lipinski definition) is 2. The summed E-state index contributed by atoms with van der Waals surface area (Å²) < 4.78 is 23.0. The average molecular weight is 499 g/mol. The summed E-state index contributed by atoms with van der Waals surface area (Å²) in [5.74, 6) is 1.24. The lowest BCUT2D eigenvalue weighted by atomic mass is 9.62. The Labute approximate surface area is 202 Å². The number of thiazole rings is 2. The second-order valence-electron chi connectivity index (χ2n) is 9.03. The second kappa shape index (κ2) is 7.51. The molecule has 6 heterocycles. The highest BCUT2D eigenvalue weighted by molar-refractivity contribution is 7.16. The molecule has 4 aromatic rings. The molecule has 0 amide bonds. The van der Waals surface area contributed by atoms with Crippen LogP contribution in [0, 0.1) is 10.8 Å². The Morgan fingerprint density at radius 2 is 1.32 bits per heavy atom. The number of anilines is 2. The summed E-state index contributed by atoms with van der Waals surface area (Å²) in [6, 6.07) is 7.21. The smallest absolute Gasteiger partial charge is 0.181 e. The summed E-state index contributed by atoms with van der Waals surface area (Å²) in [5, 5.41) is 0.789. The minimum atomic E-state index is -0.780. The van der Waals surface area contributed by atoms with Gasteiger partial charge in [-0.3, -0.25) is 4.79 Å². The van der Waals surface area contributed by atoms with Crippen molar-refractivity contribution in [3.05, 3.63) is 46.5 Å². The minimum absolute atomic E-state index is 0.0576. The molecule has 2 aliphatic rings. The van der Waals surface area contributed by atoms with Crippen LogP contribution < -0.4 is 11.5 Å². The van der Waals surface area contributed by atoms with E-state index in [9.17, 15) is 4.79 Å². The molecular formula is C23H22N4O5S2. The number of carbonyl (C=O) groups is 1. The van der Waals surface area contributed by atoms with Gasteiger partial charge in [0.2, 0.25) is 0 Å². The van der Waals surface area contributed by atoms with Crippen molar-refractivity contribution in [1.29, 1.82) is 0 Å². The molecule has 176 valence electrons. The highest BCUT2D eigenvalue weighted by Crippen LogP contribution is 2.59. The van der Waals surface area contributed by atoms with Crippen molar-refractivity contribution in [2.75, 3.05) is 24.7 Å². The monoisotopic (exact) mass is 498 g/mol. The van der Waals surface area contributed by atoms with E-state index < -0.39 is 23.0 Å². The average Bonchev–Trinajstić information content (AvgIpc) is 3.58. The first-order chi connectivity index (χ1) is 16.3. The van der Waals surface area contributed by atoms with Crippen molar-refractivity contribution < 1.29 is 23.1 Å². The molecule has 11 heteroatoms. The van der Waals surface area contributed by atoms with Gasteiger partial charge in [-0.25, -0.2) is 9.97 Å². The van der Waals surface area contributed by atoms with Gasteiger partial charge in [0.05, 0.1) is 46.3 Å². The van der Waals surface area contributed by atoms with Gasteiger partial charge in [0.25, 0.3) is 0 Å². The molecule has 34 heavy (non-hydrogen) atoms. The number of ether oxygens (including phenoxy) is 2. The van der Waals surface area contributed by atoms with Gasteiger partial charge in [-0.05, 0) is 38.1 Å². The summed E-state index contributed by atoms with van der Waals surface area (Å²) >= 11 is 2.63. The molecule has 4 N–H and O–H groups in total. The normalized spacial score (nSPS) is 28.4. The van der Waals surface area contributed by atoms with Crippen LogP contribution in [0.2, 0.25) is 0 Å². The minimum Gasteiger partial charge on any atom is -0.463 e. The molecule has 0 bridgehead atoms. The molecule has 2 saturated heterocycles. The van der Waals surface area contributed by atoms with E-state index in [0.717, 1.165) is 9.75 Å². The lowest BCUT2D eigenvalue weighted by molar-refractivity contribution is -0.230. The topological polar surface area (TPSA) is 140 Å². The molecular weight excluding hydrogens is 476 g/mol. The molecule has 9 nitrogen and oxygen atoms in total. The molecule has 0 spiro atoms. The maximum Gasteiger partial charge on any atom is 0.181 e. The zero-order chi connectivity index (χ0) is 23.7. The van der Waals surface area contributed by atoms with E-state index in [4.69, 9.17) is 29.8 Å². The molecule has 2 fully saturated rings. The number of rotatable bonds is 6. The fourth-order valence-corrected chi connectivity index (χ4v) is 6.90. The maximum absolute atomic E-state index is 14.1. The third kappa shape index (κ3) is 3.01. The van der Waals surface area contributed by atoms with Crippen molar-refractivity contribution >= 4 is 38.7 Å². The molecule has 2 aliphatic heterocycles. The van der Waals surface area contributed by atoms with Gasteiger partial charge in [-0.1, -0.05) is 22.7 Å². The zero-order valence-corrected chi connectivity index (χ0v) is 20.1. The fourth-order valence-electron chi connectivity index (χ4n) is 4.82. The van der Waals surface area contributed by atoms with Crippen LogP contribution in [0.4, 0.5) is 10.3 Å².